The van der Waals surface area contributed by atoms with Gasteiger partial charge >= 0.3 is 0 Å². The maximum atomic E-state index is 10.1. The van der Waals surface area contributed by atoms with E-state index in [2.05, 4.69) is 5.10 Å². The highest BCUT2D eigenvalue weighted by Crippen LogP contribution is 2.31. The fraction of sp³-hybridized carbons (Fsp3) is 0.750. The zero-order valence-corrected chi connectivity index (χ0v) is 10.3. The van der Waals surface area contributed by atoms with E-state index >= 15 is 0 Å². The van der Waals surface area contributed by atoms with Gasteiger partial charge in [0.05, 0.1) is 11.8 Å². The monoisotopic (exact) mass is 239 g/mol. The van der Waals surface area contributed by atoms with Gasteiger partial charge in [0.2, 0.25) is 0 Å². The molecule has 0 amide bonds. The molecule has 0 saturated carbocycles. The molecule has 5 nitrogen and oxygen atoms in total. The predicted molar refractivity (Wildman–Crippen MR) is 64.6 cm³/mol. The van der Waals surface area contributed by atoms with E-state index in [-0.39, 0.29) is 0 Å². The number of rotatable bonds is 4. The van der Waals surface area contributed by atoms with E-state index in [9.17, 15) is 5.11 Å². The Hall–Kier alpha value is -0.910. The smallest absolute Gasteiger partial charge is 0.0835 e. The molecule has 1 atom stereocenters. The molecular weight excluding hydrogens is 218 g/mol. The first-order valence-corrected chi connectivity index (χ1v) is 6.21. The zero-order chi connectivity index (χ0) is 12.3. The van der Waals surface area contributed by atoms with Gasteiger partial charge in [-0.3, -0.25) is 4.68 Å². The minimum absolute atomic E-state index is 0.410. The van der Waals surface area contributed by atoms with Crippen LogP contribution in [0.4, 0.5) is 0 Å². The summed E-state index contributed by atoms with van der Waals surface area (Å²) in [5, 5.41) is 14.6. The number of aliphatic hydroxyl groups excluding tert-OH is 1. The third kappa shape index (κ3) is 2.86. The molecule has 17 heavy (non-hydrogen) atoms. The number of aryl methyl sites for hydroxylation is 1. The number of aromatic nitrogens is 2. The van der Waals surface area contributed by atoms with Crippen LogP contribution in [0, 0.1) is 0 Å². The Balaban J connectivity index is 2.19. The molecule has 0 aliphatic carbocycles. The Morgan fingerprint density at radius 3 is 2.94 bits per heavy atom. The van der Waals surface area contributed by atoms with E-state index in [0.29, 0.717) is 18.9 Å². The van der Waals surface area contributed by atoms with Crippen molar-refractivity contribution in [1.82, 2.24) is 9.78 Å². The van der Waals surface area contributed by atoms with Gasteiger partial charge in [0.15, 0.2) is 0 Å². The zero-order valence-electron chi connectivity index (χ0n) is 10.3. The topological polar surface area (TPSA) is 73.3 Å². The van der Waals surface area contributed by atoms with Gasteiger partial charge in [-0.2, -0.15) is 5.10 Å². The maximum Gasteiger partial charge on any atom is 0.0835 e. The molecule has 1 aromatic rings. The summed E-state index contributed by atoms with van der Waals surface area (Å²) in [6.45, 7) is 2.06. The summed E-state index contributed by atoms with van der Waals surface area (Å²) in [5.41, 5.74) is 7.45. The first-order valence-electron chi connectivity index (χ1n) is 6.21. The molecule has 1 fully saturated rings. The second-order valence-electron chi connectivity index (χ2n) is 4.62. The number of nitrogens with two attached hydrogens (primary N) is 1. The van der Waals surface area contributed by atoms with Crippen molar-refractivity contribution in [3.63, 3.8) is 0 Å². The Morgan fingerprint density at radius 2 is 2.29 bits per heavy atom. The van der Waals surface area contributed by atoms with Gasteiger partial charge in [-0.15, -0.1) is 0 Å². The summed E-state index contributed by atoms with van der Waals surface area (Å²) in [4.78, 5) is 0. The van der Waals surface area contributed by atoms with E-state index in [1.165, 1.54) is 0 Å². The first kappa shape index (κ1) is 12.5. The Bertz CT molecular complexity index is 359. The van der Waals surface area contributed by atoms with Crippen LogP contribution in [-0.4, -0.2) is 34.6 Å². The summed E-state index contributed by atoms with van der Waals surface area (Å²) >= 11 is 0. The van der Waals surface area contributed by atoms with Crippen LogP contribution in [0.2, 0.25) is 0 Å². The van der Waals surface area contributed by atoms with E-state index in [4.69, 9.17) is 10.5 Å². The van der Waals surface area contributed by atoms with E-state index < -0.39 is 6.10 Å². The highest BCUT2D eigenvalue weighted by molar-refractivity contribution is 5.24. The minimum Gasteiger partial charge on any atom is -0.388 e. The van der Waals surface area contributed by atoms with Gasteiger partial charge in [0.25, 0.3) is 0 Å². The molecule has 0 bridgehead atoms. The molecule has 0 radical (unpaired) electrons. The van der Waals surface area contributed by atoms with E-state index in [1.54, 1.807) is 4.68 Å². The third-order valence-corrected chi connectivity index (χ3v) is 3.29. The molecule has 3 N–H and O–H groups in total. The van der Waals surface area contributed by atoms with Crippen molar-refractivity contribution in [1.29, 1.82) is 0 Å². The fourth-order valence-electron chi connectivity index (χ4n) is 2.38. The lowest BCUT2D eigenvalue weighted by molar-refractivity contribution is 0.0832. The molecule has 1 aliphatic rings. The normalized spacial score (nSPS) is 19.5. The number of ether oxygens (including phenoxy) is 1. The first-order chi connectivity index (χ1) is 8.22. The van der Waals surface area contributed by atoms with Crippen molar-refractivity contribution in [2.75, 3.05) is 19.8 Å². The third-order valence-electron chi connectivity index (χ3n) is 3.29. The molecule has 1 unspecified atom stereocenters. The van der Waals surface area contributed by atoms with Crippen molar-refractivity contribution in [3.05, 3.63) is 17.5 Å². The Kier molecular flexibility index (Phi) is 4.15. The van der Waals surface area contributed by atoms with Gasteiger partial charge in [-0.05, 0) is 25.8 Å². The van der Waals surface area contributed by atoms with Gasteiger partial charge in [-0.25, -0.2) is 0 Å². The second-order valence-corrected chi connectivity index (χ2v) is 4.62. The van der Waals surface area contributed by atoms with Crippen molar-refractivity contribution in [2.45, 2.75) is 31.3 Å². The lowest BCUT2D eigenvalue weighted by atomic mass is 9.92. The molecule has 1 aliphatic heterocycles. The standard InChI is InChI=1S/C12H21N3O2/c1-15-8-10(11(16)2-5-13)12(14-15)9-3-6-17-7-4-9/h8-9,11,16H,2-7,13H2,1H3. The molecule has 2 rings (SSSR count). The average molecular weight is 239 g/mol. The van der Waals surface area contributed by atoms with Gasteiger partial charge in [0, 0.05) is 37.9 Å². The van der Waals surface area contributed by atoms with Crippen LogP contribution in [0.5, 0.6) is 0 Å². The minimum atomic E-state index is -0.494. The van der Waals surface area contributed by atoms with E-state index in [0.717, 1.165) is 37.3 Å². The maximum absolute atomic E-state index is 10.1. The Labute approximate surface area is 102 Å². The van der Waals surface area contributed by atoms with Gasteiger partial charge < -0.3 is 15.6 Å². The van der Waals surface area contributed by atoms with Crippen LogP contribution in [0.3, 0.4) is 0 Å². The molecule has 96 valence electrons. The molecule has 5 heteroatoms. The summed E-state index contributed by atoms with van der Waals surface area (Å²) in [6, 6.07) is 0. The van der Waals surface area contributed by atoms with Crippen molar-refractivity contribution in [2.24, 2.45) is 12.8 Å². The number of hydrogen-bond donors (Lipinski definition) is 2. The van der Waals surface area contributed by atoms with Crippen molar-refractivity contribution < 1.29 is 9.84 Å². The van der Waals surface area contributed by atoms with Crippen molar-refractivity contribution in [3.8, 4) is 0 Å². The summed E-state index contributed by atoms with van der Waals surface area (Å²) in [6.07, 6.45) is 3.97. The fourth-order valence-corrected chi connectivity index (χ4v) is 2.38. The van der Waals surface area contributed by atoms with Crippen molar-refractivity contribution >= 4 is 0 Å². The Morgan fingerprint density at radius 1 is 1.59 bits per heavy atom. The molecule has 1 aromatic heterocycles. The SMILES string of the molecule is Cn1cc(C(O)CCN)c(C2CCOCC2)n1. The van der Waals surface area contributed by atoms with Crippen LogP contribution in [0.25, 0.3) is 0 Å². The lowest BCUT2D eigenvalue weighted by Gasteiger charge is -2.22. The summed E-state index contributed by atoms with van der Waals surface area (Å²) < 4.78 is 7.14. The number of aliphatic hydroxyl groups is 1. The van der Waals surface area contributed by atoms with E-state index in [1.807, 2.05) is 13.2 Å². The number of hydrogen-bond acceptors (Lipinski definition) is 4. The van der Waals surface area contributed by atoms with Crippen LogP contribution in [0.1, 0.15) is 42.5 Å². The number of nitrogens with zero attached hydrogens (tertiary/aromatic N) is 2. The predicted octanol–water partition coefficient (Wildman–Crippen LogP) is 0.696. The van der Waals surface area contributed by atoms with Gasteiger partial charge in [0.1, 0.15) is 0 Å². The molecule has 1 saturated heterocycles. The van der Waals surface area contributed by atoms with Crippen LogP contribution in [0.15, 0.2) is 6.20 Å². The quantitative estimate of drug-likeness (QED) is 0.811. The molecule has 0 aromatic carbocycles. The van der Waals surface area contributed by atoms with Crippen LogP contribution >= 0.6 is 0 Å². The molecule has 2 heterocycles. The summed E-state index contributed by atoms with van der Waals surface area (Å²) in [5.74, 6) is 0.410. The molecule has 0 spiro atoms. The van der Waals surface area contributed by atoms with Crippen LogP contribution < -0.4 is 5.73 Å². The lowest BCUT2D eigenvalue weighted by Crippen LogP contribution is -2.17. The molecular formula is C12H21N3O2. The second kappa shape index (κ2) is 5.62. The summed E-state index contributed by atoms with van der Waals surface area (Å²) in [7, 11) is 1.89. The highest BCUT2D eigenvalue weighted by Gasteiger charge is 2.24. The van der Waals surface area contributed by atoms with Gasteiger partial charge in [-0.1, -0.05) is 0 Å². The largest absolute Gasteiger partial charge is 0.388 e. The van der Waals surface area contributed by atoms with Crippen LogP contribution in [-0.2, 0) is 11.8 Å². The average Bonchev–Trinajstić information content (AvgIpc) is 2.73. The highest BCUT2D eigenvalue weighted by atomic mass is 16.5.